The maximum atomic E-state index is 11.8. The Morgan fingerprint density at radius 1 is 1.38 bits per heavy atom. The highest BCUT2D eigenvalue weighted by Gasteiger charge is 2.23. The van der Waals surface area contributed by atoms with Crippen molar-refractivity contribution in [2.45, 2.75) is 19.8 Å². The number of amides is 2. The highest BCUT2D eigenvalue weighted by Crippen LogP contribution is 2.26. The molecule has 6 heteroatoms. The lowest BCUT2D eigenvalue weighted by Crippen LogP contribution is -2.39. The van der Waals surface area contributed by atoms with Gasteiger partial charge >= 0.3 is 6.03 Å². The smallest absolute Gasteiger partial charge is 0.314 e. The van der Waals surface area contributed by atoms with Crippen molar-refractivity contribution in [1.29, 1.82) is 0 Å². The standard InChI is InChI=1S/C18H29N3O3/c1-3-24-11-5-9-19-18(22)20-13-15-8-10-21(14-15)16-6-4-7-17(12-16)23-2/h4,6-7,12,15H,3,5,8-11,13-14H2,1-2H3,(H2,19,20,22). The van der Waals surface area contributed by atoms with Gasteiger partial charge in [0.1, 0.15) is 5.75 Å². The topological polar surface area (TPSA) is 62.8 Å². The van der Waals surface area contributed by atoms with E-state index in [1.54, 1.807) is 7.11 Å². The van der Waals surface area contributed by atoms with Crippen LogP contribution in [0.15, 0.2) is 24.3 Å². The van der Waals surface area contributed by atoms with Crippen molar-refractivity contribution in [3.8, 4) is 5.75 Å². The lowest BCUT2D eigenvalue weighted by atomic mass is 10.1. The van der Waals surface area contributed by atoms with Crippen LogP contribution in [0.2, 0.25) is 0 Å². The number of hydrogen-bond acceptors (Lipinski definition) is 4. The Morgan fingerprint density at radius 3 is 3.04 bits per heavy atom. The first kappa shape index (κ1) is 18.4. The van der Waals surface area contributed by atoms with Crippen molar-refractivity contribution in [3.05, 3.63) is 24.3 Å². The molecule has 0 radical (unpaired) electrons. The molecule has 0 aliphatic carbocycles. The summed E-state index contributed by atoms with van der Waals surface area (Å²) in [5.74, 6) is 1.35. The number of carbonyl (C=O) groups excluding carboxylic acids is 1. The molecule has 2 N–H and O–H groups in total. The van der Waals surface area contributed by atoms with Crippen molar-refractivity contribution in [2.24, 2.45) is 5.92 Å². The van der Waals surface area contributed by atoms with Gasteiger partial charge in [0, 0.05) is 51.1 Å². The monoisotopic (exact) mass is 335 g/mol. The van der Waals surface area contributed by atoms with Gasteiger partial charge in [-0.1, -0.05) is 6.07 Å². The molecule has 2 rings (SSSR count). The number of anilines is 1. The second-order valence-electron chi connectivity index (χ2n) is 5.99. The fraction of sp³-hybridized carbons (Fsp3) is 0.611. The van der Waals surface area contributed by atoms with E-state index in [1.165, 1.54) is 5.69 Å². The van der Waals surface area contributed by atoms with Crippen molar-refractivity contribution < 1.29 is 14.3 Å². The Labute approximate surface area is 144 Å². The van der Waals surface area contributed by atoms with Crippen LogP contribution in [0.3, 0.4) is 0 Å². The van der Waals surface area contributed by atoms with E-state index in [4.69, 9.17) is 9.47 Å². The van der Waals surface area contributed by atoms with Crippen molar-refractivity contribution >= 4 is 11.7 Å². The minimum atomic E-state index is -0.0914. The van der Waals surface area contributed by atoms with E-state index in [2.05, 4.69) is 27.7 Å². The zero-order chi connectivity index (χ0) is 17.2. The summed E-state index contributed by atoms with van der Waals surface area (Å²) in [5.41, 5.74) is 1.18. The van der Waals surface area contributed by atoms with E-state index in [1.807, 2.05) is 19.1 Å². The molecule has 0 aromatic heterocycles. The van der Waals surface area contributed by atoms with Crippen molar-refractivity contribution in [2.75, 3.05) is 51.4 Å². The van der Waals surface area contributed by atoms with E-state index >= 15 is 0 Å². The molecule has 2 amide bonds. The zero-order valence-electron chi connectivity index (χ0n) is 14.7. The first-order valence-electron chi connectivity index (χ1n) is 8.71. The van der Waals surface area contributed by atoms with E-state index in [0.29, 0.717) is 25.6 Å². The van der Waals surface area contributed by atoms with Gasteiger partial charge in [0.15, 0.2) is 0 Å². The summed E-state index contributed by atoms with van der Waals surface area (Å²) in [7, 11) is 1.68. The molecule has 0 bridgehead atoms. The second-order valence-corrected chi connectivity index (χ2v) is 5.99. The van der Waals surface area contributed by atoms with Gasteiger partial charge in [-0.05, 0) is 37.8 Å². The quantitative estimate of drug-likeness (QED) is 0.680. The van der Waals surface area contributed by atoms with Gasteiger partial charge in [-0.25, -0.2) is 4.79 Å². The summed E-state index contributed by atoms with van der Waals surface area (Å²) in [4.78, 5) is 14.1. The Morgan fingerprint density at radius 2 is 2.25 bits per heavy atom. The molecule has 1 atom stereocenters. The average molecular weight is 335 g/mol. The third-order valence-electron chi connectivity index (χ3n) is 4.21. The normalized spacial score (nSPS) is 16.9. The molecule has 1 aromatic carbocycles. The summed E-state index contributed by atoms with van der Waals surface area (Å²) in [6, 6.07) is 8.03. The zero-order valence-corrected chi connectivity index (χ0v) is 14.7. The number of methoxy groups -OCH3 is 1. The van der Waals surface area contributed by atoms with Gasteiger partial charge < -0.3 is 25.0 Å². The fourth-order valence-corrected chi connectivity index (χ4v) is 2.86. The van der Waals surface area contributed by atoms with Crippen molar-refractivity contribution in [3.63, 3.8) is 0 Å². The molecule has 1 unspecified atom stereocenters. The van der Waals surface area contributed by atoms with E-state index in [0.717, 1.165) is 38.3 Å². The molecule has 1 saturated heterocycles. The van der Waals surface area contributed by atoms with Gasteiger partial charge in [0.2, 0.25) is 0 Å². The molecule has 24 heavy (non-hydrogen) atoms. The number of rotatable bonds is 9. The Hall–Kier alpha value is -1.95. The molecule has 0 spiro atoms. The van der Waals surface area contributed by atoms with Crippen LogP contribution in [-0.2, 0) is 4.74 Å². The predicted molar refractivity (Wildman–Crippen MR) is 95.8 cm³/mol. The maximum Gasteiger partial charge on any atom is 0.314 e. The van der Waals surface area contributed by atoms with Crippen LogP contribution < -0.4 is 20.3 Å². The Balaban J connectivity index is 1.65. The summed E-state index contributed by atoms with van der Waals surface area (Å²) in [6.07, 6.45) is 1.93. The molecule has 1 fully saturated rings. The van der Waals surface area contributed by atoms with Crippen LogP contribution in [0.4, 0.5) is 10.5 Å². The number of urea groups is 1. The van der Waals surface area contributed by atoms with E-state index in [9.17, 15) is 4.79 Å². The minimum absolute atomic E-state index is 0.0914. The number of benzene rings is 1. The van der Waals surface area contributed by atoms with Gasteiger partial charge in [-0.2, -0.15) is 0 Å². The van der Waals surface area contributed by atoms with Gasteiger partial charge in [0.05, 0.1) is 7.11 Å². The van der Waals surface area contributed by atoms with Crippen molar-refractivity contribution in [1.82, 2.24) is 10.6 Å². The number of ether oxygens (including phenoxy) is 2. The number of carbonyl (C=O) groups is 1. The van der Waals surface area contributed by atoms with E-state index in [-0.39, 0.29) is 6.03 Å². The third kappa shape index (κ3) is 5.92. The number of hydrogen-bond donors (Lipinski definition) is 2. The molecule has 1 aliphatic rings. The molecule has 1 heterocycles. The number of nitrogens with zero attached hydrogens (tertiary/aromatic N) is 1. The lowest BCUT2D eigenvalue weighted by molar-refractivity contribution is 0.145. The predicted octanol–water partition coefficient (Wildman–Crippen LogP) is 2.25. The lowest BCUT2D eigenvalue weighted by Gasteiger charge is -2.19. The van der Waals surface area contributed by atoms with Gasteiger partial charge in [-0.15, -0.1) is 0 Å². The summed E-state index contributed by atoms with van der Waals surface area (Å²) in [6.45, 7) is 6.70. The summed E-state index contributed by atoms with van der Waals surface area (Å²) in [5, 5.41) is 5.83. The minimum Gasteiger partial charge on any atom is -0.497 e. The maximum absolute atomic E-state index is 11.8. The van der Waals surface area contributed by atoms with Gasteiger partial charge in [-0.3, -0.25) is 0 Å². The Bertz CT molecular complexity index is 510. The Kier molecular flexibility index (Phi) is 7.68. The highest BCUT2D eigenvalue weighted by atomic mass is 16.5. The SMILES string of the molecule is CCOCCCNC(=O)NCC1CCN(c2cccc(OC)c2)C1. The van der Waals surface area contributed by atoms with Crippen LogP contribution >= 0.6 is 0 Å². The molecule has 1 aliphatic heterocycles. The molecular formula is C18H29N3O3. The molecule has 6 nitrogen and oxygen atoms in total. The van der Waals surface area contributed by atoms with Crippen LogP contribution in [-0.4, -0.2) is 52.5 Å². The van der Waals surface area contributed by atoms with Crippen LogP contribution in [0, 0.1) is 5.92 Å². The van der Waals surface area contributed by atoms with Crippen LogP contribution in [0.25, 0.3) is 0 Å². The average Bonchev–Trinajstić information content (AvgIpc) is 3.09. The molecular weight excluding hydrogens is 306 g/mol. The number of nitrogens with one attached hydrogen (secondary N) is 2. The first-order valence-corrected chi connectivity index (χ1v) is 8.71. The molecule has 1 aromatic rings. The third-order valence-corrected chi connectivity index (χ3v) is 4.21. The van der Waals surface area contributed by atoms with Crippen LogP contribution in [0.1, 0.15) is 19.8 Å². The second kappa shape index (κ2) is 10.0. The largest absolute Gasteiger partial charge is 0.497 e. The molecule has 0 saturated carbocycles. The molecule has 134 valence electrons. The summed E-state index contributed by atoms with van der Waals surface area (Å²) < 4.78 is 10.5. The first-order chi connectivity index (χ1) is 11.7. The van der Waals surface area contributed by atoms with E-state index < -0.39 is 0 Å². The highest BCUT2D eigenvalue weighted by molar-refractivity contribution is 5.73. The van der Waals surface area contributed by atoms with Crippen LogP contribution in [0.5, 0.6) is 5.75 Å². The fourth-order valence-electron chi connectivity index (χ4n) is 2.86. The van der Waals surface area contributed by atoms with Gasteiger partial charge in [0.25, 0.3) is 0 Å². The summed E-state index contributed by atoms with van der Waals surface area (Å²) >= 11 is 0.